The summed E-state index contributed by atoms with van der Waals surface area (Å²) in [7, 11) is 0. The van der Waals surface area contributed by atoms with Crippen molar-refractivity contribution in [1.29, 1.82) is 0 Å². The average molecular weight is 253 g/mol. The zero-order chi connectivity index (χ0) is 13.7. The van der Waals surface area contributed by atoms with E-state index in [4.69, 9.17) is 20.7 Å². The highest BCUT2D eigenvalue weighted by atomic mass is 16.5. The van der Waals surface area contributed by atoms with Gasteiger partial charge < -0.3 is 20.7 Å². The molecular weight excluding hydrogens is 238 g/mol. The van der Waals surface area contributed by atoms with Crippen molar-refractivity contribution in [2.75, 3.05) is 0 Å². The Hall–Kier alpha value is -2.08. The first kappa shape index (κ1) is 14.0. The maximum atomic E-state index is 10.8. The second kappa shape index (κ2) is 6.02. The van der Waals surface area contributed by atoms with Crippen molar-refractivity contribution in [3.8, 4) is 5.75 Å². The molecule has 0 spiro atoms. The summed E-state index contributed by atoms with van der Waals surface area (Å²) in [6.45, 7) is 1.89. The number of carboxylic acids is 2. The Kier molecular flexibility index (Phi) is 4.67. The Balaban J connectivity index is 2.80. The molecule has 0 aromatic heterocycles. The van der Waals surface area contributed by atoms with Crippen molar-refractivity contribution in [1.82, 2.24) is 0 Å². The van der Waals surface area contributed by atoms with Gasteiger partial charge >= 0.3 is 11.9 Å². The Morgan fingerprint density at radius 1 is 1.28 bits per heavy atom. The van der Waals surface area contributed by atoms with Gasteiger partial charge in [-0.25, -0.2) is 0 Å². The number of hydrogen-bond acceptors (Lipinski definition) is 4. The standard InChI is InChI=1S/C12H15NO5/c1-7-2-4-8(5-3-7)18-9(6-10(14)15)11(13)12(16)17/h2-5,9,11H,6,13H2,1H3,(H,14,15)(H,16,17)/t9-,11-/m0/s1. The van der Waals surface area contributed by atoms with Gasteiger partial charge in [0.05, 0.1) is 6.42 Å². The maximum Gasteiger partial charge on any atom is 0.324 e. The van der Waals surface area contributed by atoms with Gasteiger partial charge in [0.25, 0.3) is 0 Å². The summed E-state index contributed by atoms with van der Waals surface area (Å²) < 4.78 is 5.32. The third-order valence-corrected chi connectivity index (χ3v) is 2.37. The van der Waals surface area contributed by atoms with Gasteiger partial charge in [-0.05, 0) is 19.1 Å². The van der Waals surface area contributed by atoms with Crippen LogP contribution in [0.3, 0.4) is 0 Å². The lowest BCUT2D eigenvalue weighted by molar-refractivity contribution is -0.143. The lowest BCUT2D eigenvalue weighted by Gasteiger charge is -2.20. The third kappa shape index (κ3) is 4.06. The van der Waals surface area contributed by atoms with Gasteiger partial charge in [-0.2, -0.15) is 0 Å². The molecule has 0 aliphatic heterocycles. The molecule has 0 bridgehead atoms. The zero-order valence-corrected chi connectivity index (χ0v) is 9.87. The second-order valence-corrected chi connectivity index (χ2v) is 3.93. The van der Waals surface area contributed by atoms with Gasteiger partial charge in [0, 0.05) is 0 Å². The van der Waals surface area contributed by atoms with Crippen LogP contribution >= 0.6 is 0 Å². The van der Waals surface area contributed by atoms with Crippen LogP contribution in [-0.2, 0) is 9.59 Å². The monoisotopic (exact) mass is 253 g/mol. The number of aliphatic carboxylic acids is 2. The van der Waals surface area contributed by atoms with Crippen molar-refractivity contribution in [2.45, 2.75) is 25.5 Å². The molecule has 0 radical (unpaired) electrons. The third-order valence-electron chi connectivity index (χ3n) is 2.37. The van der Waals surface area contributed by atoms with Crippen molar-refractivity contribution in [3.05, 3.63) is 29.8 Å². The normalized spacial score (nSPS) is 13.7. The number of rotatable bonds is 6. The van der Waals surface area contributed by atoms with Crippen LogP contribution in [0.15, 0.2) is 24.3 Å². The van der Waals surface area contributed by atoms with Crippen molar-refractivity contribution >= 4 is 11.9 Å². The summed E-state index contributed by atoms with van der Waals surface area (Å²) in [4.78, 5) is 21.4. The van der Waals surface area contributed by atoms with Crippen molar-refractivity contribution in [3.63, 3.8) is 0 Å². The largest absolute Gasteiger partial charge is 0.488 e. The fraction of sp³-hybridized carbons (Fsp3) is 0.333. The van der Waals surface area contributed by atoms with Gasteiger partial charge in [0.1, 0.15) is 17.9 Å². The minimum atomic E-state index is -1.39. The van der Waals surface area contributed by atoms with Crippen LogP contribution in [0.5, 0.6) is 5.75 Å². The molecule has 0 saturated carbocycles. The highest BCUT2D eigenvalue weighted by molar-refractivity contribution is 5.76. The molecule has 18 heavy (non-hydrogen) atoms. The molecule has 6 heteroatoms. The molecule has 0 saturated heterocycles. The highest BCUT2D eigenvalue weighted by Gasteiger charge is 2.28. The van der Waals surface area contributed by atoms with Crippen molar-refractivity contribution in [2.24, 2.45) is 5.73 Å². The first-order valence-electron chi connectivity index (χ1n) is 5.33. The van der Waals surface area contributed by atoms with Gasteiger partial charge in [-0.15, -0.1) is 0 Å². The lowest BCUT2D eigenvalue weighted by atomic mass is 10.1. The van der Waals surface area contributed by atoms with E-state index in [1.54, 1.807) is 24.3 Å². The fourth-order valence-electron chi connectivity index (χ4n) is 1.36. The average Bonchev–Trinajstić information content (AvgIpc) is 2.29. The molecule has 98 valence electrons. The van der Waals surface area contributed by atoms with Gasteiger partial charge in [0.15, 0.2) is 0 Å². The Morgan fingerprint density at radius 2 is 1.83 bits per heavy atom. The quantitative estimate of drug-likeness (QED) is 0.685. The number of carbonyl (C=O) groups is 2. The first-order valence-corrected chi connectivity index (χ1v) is 5.33. The maximum absolute atomic E-state index is 10.8. The molecule has 0 aliphatic carbocycles. The number of ether oxygens (including phenoxy) is 1. The van der Waals surface area contributed by atoms with Gasteiger partial charge in [-0.1, -0.05) is 17.7 Å². The first-order chi connectivity index (χ1) is 8.40. The number of nitrogens with two attached hydrogens (primary N) is 1. The summed E-state index contributed by atoms with van der Waals surface area (Å²) >= 11 is 0. The van der Waals surface area contributed by atoms with E-state index in [0.29, 0.717) is 5.75 Å². The fourth-order valence-corrected chi connectivity index (χ4v) is 1.36. The molecule has 2 atom stereocenters. The molecular formula is C12H15NO5. The Labute approximate surface area is 104 Å². The van der Waals surface area contributed by atoms with Crippen LogP contribution in [0.1, 0.15) is 12.0 Å². The van der Waals surface area contributed by atoms with E-state index >= 15 is 0 Å². The number of benzene rings is 1. The molecule has 6 nitrogen and oxygen atoms in total. The smallest absolute Gasteiger partial charge is 0.324 e. The molecule has 0 unspecified atom stereocenters. The second-order valence-electron chi connectivity index (χ2n) is 3.93. The number of carboxylic acid groups (broad SMARTS) is 2. The van der Waals surface area contributed by atoms with Crippen LogP contribution in [-0.4, -0.2) is 34.3 Å². The molecule has 0 amide bonds. The molecule has 1 aromatic carbocycles. The summed E-state index contributed by atoms with van der Waals surface area (Å²) in [5.74, 6) is -2.07. The van der Waals surface area contributed by atoms with E-state index in [1.165, 1.54) is 0 Å². The van der Waals surface area contributed by atoms with E-state index in [2.05, 4.69) is 0 Å². The number of aryl methyl sites for hydroxylation is 1. The Morgan fingerprint density at radius 3 is 2.28 bits per heavy atom. The summed E-state index contributed by atoms with van der Waals surface area (Å²) in [6.07, 6.45) is -1.58. The molecule has 0 fully saturated rings. The van der Waals surface area contributed by atoms with Crippen LogP contribution < -0.4 is 10.5 Å². The SMILES string of the molecule is Cc1ccc(O[C@@H](CC(=O)O)[C@H](N)C(=O)O)cc1. The van der Waals surface area contributed by atoms with E-state index < -0.39 is 30.5 Å². The van der Waals surface area contributed by atoms with Crippen molar-refractivity contribution < 1.29 is 24.5 Å². The topological polar surface area (TPSA) is 110 Å². The summed E-state index contributed by atoms with van der Waals surface area (Å²) in [6, 6.07) is 5.44. The predicted octanol–water partition coefficient (Wildman–Crippen LogP) is 0.629. The summed E-state index contributed by atoms with van der Waals surface area (Å²) in [5.41, 5.74) is 6.41. The van der Waals surface area contributed by atoms with E-state index in [1.807, 2.05) is 6.92 Å². The summed E-state index contributed by atoms with van der Waals surface area (Å²) in [5, 5.41) is 17.5. The minimum Gasteiger partial charge on any atom is -0.488 e. The lowest BCUT2D eigenvalue weighted by Crippen LogP contribution is -2.46. The number of hydrogen-bond donors (Lipinski definition) is 3. The highest BCUT2D eigenvalue weighted by Crippen LogP contribution is 2.16. The molecule has 0 aliphatic rings. The molecule has 4 N–H and O–H groups in total. The van der Waals surface area contributed by atoms with Crippen LogP contribution in [0.25, 0.3) is 0 Å². The van der Waals surface area contributed by atoms with Crippen LogP contribution in [0.2, 0.25) is 0 Å². The van der Waals surface area contributed by atoms with Gasteiger partial charge in [0.2, 0.25) is 0 Å². The minimum absolute atomic E-state index is 0.392. The predicted molar refractivity (Wildman–Crippen MR) is 63.5 cm³/mol. The van der Waals surface area contributed by atoms with E-state index in [9.17, 15) is 9.59 Å². The van der Waals surface area contributed by atoms with Crippen LogP contribution in [0, 0.1) is 6.92 Å². The Bertz CT molecular complexity index is 429. The van der Waals surface area contributed by atoms with E-state index in [0.717, 1.165) is 5.56 Å². The molecule has 0 heterocycles. The molecule has 1 rings (SSSR count). The van der Waals surface area contributed by atoms with E-state index in [-0.39, 0.29) is 0 Å². The van der Waals surface area contributed by atoms with Crippen LogP contribution in [0.4, 0.5) is 0 Å². The zero-order valence-electron chi connectivity index (χ0n) is 9.87. The molecule has 1 aromatic rings. The van der Waals surface area contributed by atoms with Gasteiger partial charge in [-0.3, -0.25) is 9.59 Å².